The molecule has 1 aliphatic heterocycles. The third-order valence-corrected chi connectivity index (χ3v) is 5.58. The molecule has 0 spiro atoms. The van der Waals surface area contributed by atoms with Gasteiger partial charge >= 0.3 is 0 Å². The van der Waals surface area contributed by atoms with Gasteiger partial charge in [-0.15, -0.1) is 11.6 Å². The zero-order chi connectivity index (χ0) is 18.4. The normalized spacial score (nSPS) is 16.6. The maximum atomic E-state index is 6.11. The number of rotatable bonds is 3. The minimum atomic E-state index is -0.116. The Morgan fingerprint density at radius 1 is 1.19 bits per heavy atom. The molecule has 2 aromatic heterocycles. The molecular formula is C20H15BrClN3O2. The number of aromatic amines is 1. The van der Waals surface area contributed by atoms with E-state index in [4.69, 9.17) is 20.9 Å². The van der Waals surface area contributed by atoms with E-state index in [1.54, 1.807) is 0 Å². The highest BCUT2D eigenvalue weighted by molar-refractivity contribution is 9.10. The predicted octanol–water partition coefficient (Wildman–Crippen LogP) is 5.38. The largest absolute Gasteiger partial charge is 0.367 e. The van der Waals surface area contributed by atoms with Crippen LogP contribution < -0.4 is 0 Å². The molecule has 0 saturated heterocycles. The van der Waals surface area contributed by atoms with E-state index in [1.807, 2.05) is 24.3 Å². The van der Waals surface area contributed by atoms with Crippen molar-refractivity contribution in [3.8, 4) is 11.5 Å². The highest BCUT2D eigenvalue weighted by Gasteiger charge is 2.26. The summed E-state index contributed by atoms with van der Waals surface area (Å²) in [5.41, 5.74) is 5.54. The number of halogens is 2. The van der Waals surface area contributed by atoms with Crippen LogP contribution in [0.3, 0.4) is 0 Å². The third kappa shape index (κ3) is 2.98. The number of H-pyrrole nitrogens is 1. The Hall–Kier alpha value is -2.15. The van der Waals surface area contributed by atoms with E-state index >= 15 is 0 Å². The van der Waals surface area contributed by atoms with E-state index in [2.05, 4.69) is 49.3 Å². The molecule has 27 heavy (non-hydrogen) atoms. The van der Waals surface area contributed by atoms with Crippen molar-refractivity contribution in [1.82, 2.24) is 15.1 Å². The highest BCUT2D eigenvalue weighted by Crippen LogP contribution is 2.37. The molecule has 1 atom stereocenters. The molecule has 0 amide bonds. The highest BCUT2D eigenvalue weighted by atomic mass is 79.9. The fraction of sp³-hybridized carbons (Fsp3) is 0.200. The van der Waals surface area contributed by atoms with Gasteiger partial charge in [-0.05, 0) is 47.9 Å². The van der Waals surface area contributed by atoms with Crippen LogP contribution in [0.5, 0.6) is 0 Å². The van der Waals surface area contributed by atoms with E-state index < -0.39 is 0 Å². The van der Waals surface area contributed by atoms with Crippen LogP contribution in [0.15, 0.2) is 51.5 Å². The number of nitrogens with one attached hydrogen (secondary N) is 1. The molecule has 3 heterocycles. The standard InChI is InChI=1S/C20H15BrClN3O2/c21-13-5-6-16-15(9-13)14-7-8-26-19(18(14)23-16)11-1-3-12(4-2-11)20-24-17(10-22)25-27-20/h1-6,9,19,23H,7-8,10H2. The maximum absolute atomic E-state index is 6.11. The molecule has 1 unspecified atom stereocenters. The van der Waals surface area contributed by atoms with Gasteiger partial charge in [-0.25, -0.2) is 0 Å². The fourth-order valence-electron chi connectivity index (χ4n) is 3.58. The second-order valence-corrected chi connectivity index (χ2v) is 7.66. The lowest BCUT2D eigenvalue weighted by atomic mass is 9.97. The van der Waals surface area contributed by atoms with Crippen molar-refractivity contribution in [2.75, 3.05) is 6.61 Å². The van der Waals surface area contributed by atoms with Crippen molar-refractivity contribution < 1.29 is 9.26 Å². The van der Waals surface area contributed by atoms with Crippen molar-refractivity contribution >= 4 is 38.4 Å². The van der Waals surface area contributed by atoms with Gasteiger partial charge in [-0.1, -0.05) is 33.2 Å². The Morgan fingerprint density at radius 3 is 2.81 bits per heavy atom. The first-order valence-corrected chi connectivity index (χ1v) is 9.96. The van der Waals surface area contributed by atoms with Gasteiger partial charge in [-0.2, -0.15) is 4.98 Å². The molecule has 0 saturated carbocycles. The Kier molecular flexibility index (Phi) is 4.27. The number of hydrogen-bond acceptors (Lipinski definition) is 4. The molecule has 1 aliphatic rings. The van der Waals surface area contributed by atoms with E-state index in [-0.39, 0.29) is 12.0 Å². The smallest absolute Gasteiger partial charge is 0.257 e. The Labute approximate surface area is 168 Å². The Morgan fingerprint density at radius 2 is 2.04 bits per heavy atom. The summed E-state index contributed by atoms with van der Waals surface area (Å²) >= 11 is 9.31. The van der Waals surface area contributed by atoms with Crippen molar-refractivity contribution in [2.45, 2.75) is 18.4 Å². The first kappa shape index (κ1) is 17.0. The van der Waals surface area contributed by atoms with Gasteiger partial charge in [0.15, 0.2) is 5.82 Å². The monoisotopic (exact) mass is 443 g/mol. The number of hydrogen-bond donors (Lipinski definition) is 1. The molecule has 7 heteroatoms. The van der Waals surface area contributed by atoms with Gasteiger partial charge in [0.2, 0.25) is 0 Å². The second-order valence-electron chi connectivity index (χ2n) is 6.48. The van der Waals surface area contributed by atoms with Crippen LogP contribution >= 0.6 is 27.5 Å². The zero-order valence-electron chi connectivity index (χ0n) is 14.2. The fourth-order valence-corrected chi connectivity index (χ4v) is 4.05. The zero-order valence-corrected chi connectivity index (χ0v) is 16.5. The Balaban J connectivity index is 1.51. The minimum absolute atomic E-state index is 0.116. The van der Waals surface area contributed by atoms with Crippen molar-refractivity contribution in [1.29, 1.82) is 0 Å². The van der Waals surface area contributed by atoms with Gasteiger partial charge < -0.3 is 14.2 Å². The van der Waals surface area contributed by atoms with Crippen LogP contribution in [0, 0.1) is 0 Å². The van der Waals surface area contributed by atoms with Gasteiger partial charge in [0.1, 0.15) is 6.10 Å². The first-order valence-electron chi connectivity index (χ1n) is 8.63. The van der Waals surface area contributed by atoms with E-state index in [1.165, 1.54) is 10.9 Å². The molecule has 0 bridgehead atoms. The number of fused-ring (bicyclic) bond motifs is 3. The van der Waals surface area contributed by atoms with Crippen LogP contribution in [0.4, 0.5) is 0 Å². The summed E-state index contributed by atoms with van der Waals surface area (Å²) in [6, 6.07) is 14.3. The van der Waals surface area contributed by atoms with Gasteiger partial charge in [0.05, 0.1) is 18.2 Å². The van der Waals surface area contributed by atoms with E-state index in [0.29, 0.717) is 18.3 Å². The number of ether oxygens (including phenoxy) is 1. The van der Waals surface area contributed by atoms with Crippen LogP contribution in [0.25, 0.3) is 22.4 Å². The Bertz CT molecular complexity index is 1120. The molecule has 4 aromatic rings. The van der Waals surface area contributed by atoms with Gasteiger partial charge in [0.25, 0.3) is 5.89 Å². The molecule has 1 N–H and O–H groups in total. The molecular weight excluding hydrogens is 430 g/mol. The number of benzene rings is 2. The number of nitrogens with zero attached hydrogens (tertiary/aromatic N) is 2. The van der Waals surface area contributed by atoms with Crippen molar-refractivity contribution in [3.63, 3.8) is 0 Å². The minimum Gasteiger partial charge on any atom is -0.367 e. The summed E-state index contributed by atoms with van der Waals surface area (Å²) in [4.78, 5) is 7.81. The van der Waals surface area contributed by atoms with Gasteiger partial charge in [0, 0.05) is 20.9 Å². The summed E-state index contributed by atoms with van der Waals surface area (Å²) in [5, 5.41) is 5.09. The molecule has 5 rings (SSSR count). The molecule has 0 fully saturated rings. The van der Waals surface area contributed by atoms with Crippen molar-refractivity contribution in [3.05, 3.63) is 69.6 Å². The van der Waals surface area contributed by atoms with Crippen LogP contribution in [0.2, 0.25) is 0 Å². The lowest BCUT2D eigenvalue weighted by Gasteiger charge is -2.24. The topological polar surface area (TPSA) is 63.9 Å². The first-order chi connectivity index (χ1) is 13.2. The average Bonchev–Trinajstić information content (AvgIpc) is 3.32. The molecule has 136 valence electrons. The quantitative estimate of drug-likeness (QED) is 0.431. The van der Waals surface area contributed by atoms with Crippen LogP contribution in [-0.2, 0) is 17.0 Å². The van der Waals surface area contributed by atoms with Crippen LogP contribution in [-0.4, -0.2) is 21.7 Å². The molecule has 0 radical (unpaired) electrons. The summed E-state index contributed by atoms with van der Waals surface area (Å²) in [6.07, 6.45) is 0.791. The lowest BCUT2D eigenvalue weighted by Crippen LogP contribution is -2.16. The molecule has 5 nitrogen and oxygen atoms in total. The van der Waals surface area contributed by atoms with Crippen LogP contribution in [0.1, 0.15) is 28.7 Å². The van der Waals surface area contributed by atoms with E-state index in [9.17, 15) is 0 Å². The predicted molar refractivity (Wildman–Crippen MR) is 107 cm³/mol. The van der Waals surface area contributed by atoms with Crippen molar-refractivity contribution in [2.24, 2.45) is 0 Å². The maximum Gasteiger partial charge on any atom is 0.257 e. The van der Waals surface area contributed by atoms with Gasteiger partial charge in [-0.3, -0.25) is 0 Å². The molecule has 2 aromatic carbocycles. The summed E-state index contributed by atoms with van der Waals surface area (Å²) < 4.78 is 12.4. The lowest BCUT2D eigenvalue weighted by molar-refractivity contribution is 0.0677. The summed E-state index contributed by atoms with van der Waals surface area (Å²) in [6.45, 7) is 0.696. The molecule has 0 aliphatic carbocycles. The average molecular weight is 445 g/mol. The number of alkyl halides is 1. The summed E-state index contributed by atoms with van der Waals surface area (Å²) in [5.74, 6) is 1.19. The third-order valence-electron chi connectivity index (χ3n) is 4.85. The number of aromatic nitrogens is 3. The second kappa shape index (κ2) is 6.78. The van der Waals surface area contributed by atoms with E-state index in [0.717, 1.165) is 33.2 Å². The summed E-state index contributed by atoms with van der Waals surface area (Å²) in [7, 11) is 0. The SMILES string of the molecule is ClCc1noc(-c2ccc(C3OCCc4c3[nH]c3ccc(Br)cc43)cc2)n1.